The van der Waals surface area contributed by atoms with Crippen LogP contribution in [-0.2, 0) is 4.74 Å². The minimum Gasteiger partial charge on any atom is -0.378 e. The molecule has 2 amide bonds. The van der Waals surface area contributed by atoms with Crippen molar-refractivity contribution < 1.29 is 9.53 Å². The first-order valence-electron chi connectivity index (χ1n) is 8.87. The van der Waals surface area contributed by atoms with Crippen molar-refractivity contribution >= 4 is 11.7 Å². The van der Waals surface area contributed by atoms with E-state index >= 15 is 0 Å². The van der Waals surface area contributed by atoms with E-state index < -0.39 is 0 Å². The topological polar surface area (TPSA) is 74.2 Å². The molecule has 5 heteroatoms. The van der Waals surface area contributed by atoms with E-state index in [0.29, 0.717) is 11.3 Å². The molecule has 0 heterocycles. The smallest absolute Gasteiger partial charge is 0.319 e. The molecule has 2 aliphatic rings. The molecule has 2 aliphatic carbocycles. The Labute approximate surface area is 143 Å². The molecule has 2 fully saturated rings. The second kappa shape index (κ2) is 7.23. The molecule has 1 aromatic rings. The number of ether oxygens (including phenoxy) is 1. The summed E-state index contributed by atoms with van der Waals surface area (Å²) in [6, 6.07) is 9.02. The Balaban J connectivity index is 1.62. The first-order valence-corrected chi connectivity index (χ1v) is 8.87. The fourth-order valence-corrected chi connectivity index (χ4v) is 4.26. The van der Waals surface area contributed by atoms with Crippen LogP contribution in [0.1, 0.15) is 51.0 Å². The van der Waals surface area contributed by atoms with Gasteiger partial charge in [-0.25, -0.2) is 4.79 Å². The van der Waals surface area contributed by atoms with Crippen molar-refractivity contribution in [3.63, 3.8) is 0 Å². The average Bonchev–Trinajstić information content (AvgIpc) is 2.61. The van der Waals surface area contributed by atoms with Crippen LogP contribution in [0, 0.1) is 16.7 Å². The van der Waals surface area contributed by atoms with E-state index in [1.807, 2.05) is 6.92 Å². The maximum atomic E-state index is 12.4. The summed E-state index contributed by atoms with van der Waals surface area (Å²) in [6.45, 7) is 2.76. The SMILES string of the molecule is CCO[C@H]1C[C@H](NC(=O)Nc2cccc(C#N)c2)C12CCCCC2. The van der Waals surface area contributed by atoms with Gasteiger partial charge in [-0.3, -0.25) is 0 Å². The van der Waals surface area contributed by atoms with E-state index in [1.54, 1.807) is 24.3 Å². The molecule has 1 spiro atoms. The molecule has 2 saturated carbocycles. The second-order valence-corrected chi connectivity index (χ2v) is 6.82. The number of nitrogens with zero attached hydrogens (tertiary/aromatic N) is 1. The number of anilines is 1. The number of nitrogens with one attached hydrogen (secondary N) is 2. The molecule has 2 atom stereocenters. The summed E-state index contributed by atoms with van der Waals surface area (Å²) in [5.74, 6) is 0. The molecular formula is C19H25N3O2. The van der Waals surface area contributed by atoms with Crippen LogP contribution in [0.25, 0.3) is 0 Å². The van der Waals surface area contributed by atoms with E-state index in [-0.39, 0.29) is 23.6 Å². The molecule has 0 radical (unpaired) electrons. The standard InChI is InChI=1S/C19H25N3O2/c1-2-24-17-12-16(19(17)9-4-3-5-10-19)22-18(23)21-15-8-6-7-14(11-15)13-20/h6-8,11,16-17H,2-5,9-10,12H2,1H3,(H2,21,22,23)/t16-,17-/m0/s1. The maximum absolute atomic E-state index is 12.4. The van der Waals surface area contributed by atoms with Gasteiger partial charge in [-0.1, -0.05) is 25.3 Å². The van der Waals surface area contributed by atoms with Crippen LogP contribution in [0.15, 0.2) is 24.3 Å². The van der Waals surface area contributed by atoms with E-state index in [0.717, 1.165) is 25.9 Å². The number of urea groups is 1. The predicted molar refractivity (Wildman–Crippen MR) is 92.6 cm³/mol. The molecule has 3 rings (SSSR count). The van der Waals surface area contributed by atoms with Crippen molar-refractivity contribution in [3.05, 3.63) is 29.8 Å². The van der Waals surface area contributed by atoms with Crippen LogP contribution in [-0.4, -0.2) is 24.8 Å². The lowest BCUT2D eigenvalue weighted by Gasteiger charge is -2.57. The third kappa shape index (κ3) is 3.25. The number of hydrogen-bond donors (Lipinski definition) is 2. The highest BCUT2D eigenvalue weighted by Crippen LogP contribution is 2.53. The van der Waals surface area contributed by atoms with Gasteiger partial charge < -0.3 is 15.4 Å². The zero-order chi connectivity index (χ0) is 17.0. The molecule has 0 aromatic heterocycles. The van der Waals surface area contributed by atoms with E-state index in [4.69, 9.17) is 10.00 Å². The molecule has 5 nitrogen and oxygen atoms in total. The summed E-state index contributed by atoms with van der Waals surface area (Å²) in [6.07, 6.45) is 7.13. The van der Waals surface area contributed by atoms with E-state index in [9.17, 15) is 4.79 Å². The Morgan fingerprint density at radius 2 is 2.17 bits per heavy atom. The molecule has 0 bridgehead atoms. The zero-order valence-electron chi connectivity index (χ0n) is 14.2. The number of amides is 2. The van der Waals surface area contributed by atoms with Crippen molar-refractivity contribution in [2.75, 3.05) is 11.9 Å². The molecule has 0 aliphatic heterocycles. The molecule has 128 valence electrons. The van der Waals surface area contributed by atoms with Crippen molar-refractivity contribution in [3.8, 4) is 6.07 Å². The maximum Gasteiger partial charge on any atom is 0.319 e. The molecule has 0 unspecified atom stereocenters. The third-order valence-corrected chi connectivity index (χ3v) is 5.49. The van der Waals surface area contributed by atoms with Crippen LogP contribution >= 0.6 is 0 Å². The summed E-state index contributed by atoms with van der Waals surface area (Å²) in [4.78, 5) is 12.4. The highest BCUT2D eigenvalue weighted by molar-refractivity contribution is 5.89. The average molecular weight is 327 g/mol. The lowest BCUT2D eigenvalue weighted by Crippen LogP contribution is -2.65. The van der Waals surface area contributed by atoms with E-state index in [2.05, 4.69) is 16.7 Å². The van der Waals surface area contributed by atoms with Gasteiger partial charge in [0.2, 0.25) is 0 Å². The normalized spacial score (nSPS) is 24.7. The van der Waals surface area contributed by atoms with Crippen molar-refractivity contribution in [1.82, 2.24) is 5.32 Å². The zero-order valence-corrected chi connectivity index (χ0v) is 14.2. The van der Waals surface area contributed by atoms with Gasteiger partial charge in [0.15, 0.2) is 0 Å². The van der Waals surface area contributed by atoms with Gasteiger partial charge in [0.25, 0.3) is 0 Å². The summed E-state index contributed by atoms with van der Waals surface area (Å²) >= 11 is 0. The number of carbonyl (C=O) groups excluding carboxylic acids is 1. The number of benzene rings is 1. The Morgan fingerprint density at radius 1 is 1.38 bits per heavy atom. The van der Waals surface area contributed by atoms with Crippen LogP contribution in [0.3, 0.4) is 0 Å². The largest absolute Gasteiger partial charge is 0.378 e. The Hall–Kier alpha value is -2.06. The number of nitriles is 1. The lowest BCUT2D eigenvalue weighted by atomic mass is 9.55. The van der Waals surface area contributed by atoms with Crippen molar-refractivity contribution in [1.29, 1.82) is 5.26 Å². The number of rotatable bonds is 4. The highest BCUT2D eigenvalue weighted by Gasteiger charge is 2.56. The lowest BCUT2D eigenvalue weighted by molar-refractivity contribution is -0.146. The monoisotopic (exact) mass is 327 g/mol. The Morgan fingerprint density at radius 3 is 2.88 bits per heavy atom. The van der Waals surface area contributed by atoms with Gasteiger partial charge >= 0.3 is 6.03 Å². The number of carbonyl (C=O) groups is 1. The summed E-state index contributed by atoms with van der Waals surface area (Å²) in [7, 11) is 0. The minimum atomic E-state index is -0.199. The minimum absolute atomic E-state index is 0.111. The predicted octanol–water partition coefficient (Wildman–Crippen LogP) is 3.81. The fraction of sp³-hybridized carbons (Fsp3) is 0.579. The van der Waals surface area contributed by atoms with Crippen molar-refractivity contribution in [2.24, 2.45) is 5.41 Å². The van der Waals surface area contributed by atoms with Crippen LogP contribution in [0.5, 0.6) is 0 Å². The highest BCUT2D eigenvalue weighted by atomic mass is 16.5. The third-order valence-electron chi connectivity index (χ3n) is 5.49. The molecule has 2 N–H and O–H groups in total. The van der Waals surface area contributed by atoms with Gasteiger partial charge in [0.1, 0.15) is 0 Å². The summed E-state index contributed by atoms with van der Waals surface area (Å²) < 4.78 is 5.92. The molecule has 0 saturated heterocycles. The van der Waals surface area contributed by atoms with Crippen LogP contribution in [0.2, 0.25) is 0 Å². The first-order chi connectivity index (χ1) is 11.7. The van der Waals surface area contributed by atoms with Gasteiger partial charge in [0, 0.05) is 23.8 Å². The summed E-state index contributed by atoms with van der Waals surface area (Å²) in [5, 5.41) is 14.9. The quantitative estimate of drug-likeness (QED) is 0.883. The van der Waals surface area contributed by atoms with Gasteiger partial charge in [-0.2, -0.15) is 5.26 Å². The van der Waals surface area contributed by atoms with Crippen LogP contribution in [0.4, 0.5) is 10.5 Å². The molecular weight excluding hydrogens is 302 g/mol. The Bertz CT molecular complexity index is 632. The van der Waals surface area contributed by atoms with Crippen molar-refractivity contribution in [2.45, 2.75) is 57.6 Å². The van der Waals surface area contributed by atoms with Gasteiger partial charge in [-0.05, 0) is 44.4 Å². The van der Waals surface area contributed by atoms with Crippen LogP contribution < -0.4 is 10.6 Å². The fourth-order valence-electron chi connectivity index (χ4n) is 4.26. The van der Waals surface area contributed by atoms with Gasteiger partial charge in [0.05, 0.1) is 17.7 Å². The van der Waals surface area contributed by atoms with Gasteiger partial charge in [-0.15, -0.1) is 0 Å². The molecule has 24 heavy (non-hydrogen) atoms. The molecule has 1 aromatic carbocycles. The second-order valence-electron chi connectivity index (χ2n) is 6.82. The Kier molecular flexibility index (Phi) is 5.06. The van der Waals surface area contributed by atoms with E-state index in [1.165, 1.54) is 19.3 Å². The first kappa shape index (κ1) is 16.8. The number of hydrogen-bond acceptors (Lipinski definition) is 3. The summed E-state index contributed by atoms with van der Waals surface area (Å²) in [5.41, 5.74) is 1.29.